The summed E-state index contributed by atoms with van der Waals surface area (Å²) < 4.78 is 30.7. The first-order valence-corrected chi connectivity index (χ1v) is 11.8. The lowest BCUT2D eigenvalue weighted by Crippen LogP contribution is -2.50. The van der Waals surface area contributed by atoms with Gasteiger partial charge in [-0.05, 0) is 30.7 Å². The van der Waals surface area contributed by atoms with E-state index in [1.807, 2.05) is 17.5 Å². The first kappa shape index (κ1) is 19.8. The van der Waals surface area contributed by atoms with Crippen molar-refractivity contribution in [3.8, 4) is 0 Å². The Morgan fingerprint density at radius 1 is 1.35 bits per heavy atom. The zero-order chi connectivity index (χ0) is 18.6. The molecule has 0 aliphatic carbocycles. The van der Waals surface area contributed by atoms with Crippen LogP contribution in [-0.4, -0.2) is 81.3 Å². The lowest BCUT2D eigenvalue weighted by Gasteiger charge is -2.38. The third-order valence-electron chi connectivity index (χ3n) is 5.12. The fraction of sp³-hybridized carbons (Fsp3) is 0.706. The molecule has 1 aromatic rings. The van der Waals surface area contributed by atoms with Gasteiger partial charge in [-0.2, -0.15) is 0 Å². The number of hydrogen-bond donors (Lipinski definition) is 1. The summed E-state index contributed by atoms with van der Waals surface area (Å²) in [4.78, 5) is 15.2. The second-order valence-electron chi connectivity index (χ2n) is 6.88. The van der Waals surface area contributed by atoms with Crippen LogP contribution in [0, 0.1) is 0 Å². The topological polar surface area (TPSA) is 79.0 Å². The smallest absolute Gasteiger partial charge is 0.261 e. The van der Waals surface area contributed by atoms with Crippen LogP contribution in [-0.2, 0) is 14.8 Å². The van der Waals surface area contributed by atoms with Crippen LogP contribution >= 0.6 is 11.3 Å². The number of hydrogen-bond acceptors (Lipinski definition) is 6. The number of amides is 1. The molecule has 1 amide bonds. The number of ether oxygens (including phenoxy) is 1. The number of carbonyl (C=O) groups excluding carboxylic acids is 1. The Balaban J connectivity index is 1.59. The van der Waals surface area contributed by atoms with Crippen LogP contribution in [0.1, 0.15) is 28.9 Å². The third-order valence-corrected chi connectivity index (χ3v) is 7.26. The Labute approximate surface area is 159 Å². The Kier molecular flexibility index (Phi) is 6.68. The molecule has 7 nitrogen and oxygen atoms in total. The Bertz CT molecular complexity index is 687. The van der Waals surface area contributed by atoms with Crippen LogP contribution in [0.4, 0.5) is 0 Å². The molecule has 3 heterocycles. The highest BCUT2D eigenvalue weighted by molar-refractivity contribution is 7.88. The van der Waals surface area contributed by atoms with Crippen molar-refractivity contribution in [2.75, 3.05) is 45.6 Å². The Hall–Kier alpha value is -1.00. The molecule has 0 spiro atoms. The molecule has 146 valence electrons. The van der Waals surface area contributed by atoms with E-state index in [9.17, 15) is 13.2 Å². The van der Waals surface area contributed by atoms with Crippen LogP contribution in [0.5, 0.6) is 0 Å². The minimum absolute atomic E-state index is 0.0453. The van der Waals surface area contributed by atoms with E-state index in [-0.39, 0.29) is 11.9 Å². The maximum Gasteiger partial charge on any atom is 0.261 e. The van der Waals surface area contributed by atoms with Crippen molar-refractivity contribution >= 4 is 27.3 Å². The normalized spacial score (nSPS) is 22.8. The molecule has 1 atom stereocenters. The molecular formula is C17H27N3O4S2. The van der Waals surface area contributed by atoms with Gasteiger partial charge in [-0.3, -0.25) is 9.69 Å². The summed E-state index contributed by atoms with van der Waals surface area (Å²) in [6.45, 7) is 3.88. The maximum atomic E-state index is 12.1. The molecule has 0 aromatic carbocycles. The van der Waals surface area contributed by atoms with Crippen molar-refractivity contribution < 1.29 is 17.9 Å². The summed E-state index contributed by atoms with van der Waals surface area (Å²) in [6, 6.07) is 4.27. The first-order chi connectivity index (χ1) is 12.4. The summed E-state index contributed by atoms with van der Waals surface area (Å²) in [6.07, 6.45) is 4.02. The van der Waals surface area contributed by atoms with Gasteiger partial charge < -0.3 is 10.1 Å². The van der Waals surface area contributed by atoms with Gasteiger partial charge in [-0.25, -0.2) is 12.7 Å². The lowest BCUT2D eigenvalue weighted by molar-refractivity contribution is 0.0194. The van der Waals surface area contributed by atoms with Gasteiger partial charge in [0.1, 0.15) is 0 Å². The molecule has 2 fully saturated rings. The van der Waals surface area contributed by atoms with Gasteiger partial charge in [-0.15, -0.1) is 11.3 Å². The molecule has 0 radical (unpaired) electrons. The number of carbonyl (C=O) groups is 1. The van der Waals surface area contributed by atoms with E-state index >= 15 is 0 Å². The number of nitrogens with one attached hydrogen (secondary N) is 1. The summed E-state index contributed by atoms with van der Waals surface area (Å²) in [5, 5.41) is 4.88. The molecular weight excluding hydrogens is 374 g/mol. The van der Waals surface area contributed by atoms with E-state index in [1.54, 1.807) is 4.31 Å². The number of thiophene rings is 1. The average Bonchev–Trinajstić information content (AvgIpc) is 3.30. The minimum Gasteiger partial charge on any atom is -0.381 e. The molecule has 26 heavy (non-hydrogen) atoms. The van der Waals surface area contributed by atoms with Gasteiger partial charge in [0.2, 0.25) is 10.0 Å². The van der Waals surface area contributed by atoms with E-state index in [1.165, 1.54) is 17.6 Å². The zero-order valence-electron chi connectivity index (χ0n) is 15.1. The van der Waals surface area contributed by atoms with Gasteiger partial charge in [0, 0.05) is 51.5 Å². The molecule has 3 rings (SSSR count). The van der Waals surface area contributed by atoms with Gasteiger partial charge in [-0.1, -0.05) is 6.07 Å². The number of rotatable bonds is 7. The van der Waals surface area contributed by atoms with Crippen LogP contribution < -0.4 is 5.32 Å². The number of nitrogens with zero attached hydrogens (tertiary/aromatic N) is 2. The predicted molar refractivity (Wildman–Crippen MR) is 102 cm³/mol. The second kappa shape index (κ2) is 8.79. The minimum atomic E-state index is -3.15. The first-order valence-electron chi connectivity index (χ1n) is 9.05. The summed E-state index contributed by atoms with van der Waals surface area (Å²) >= 11 is 1.43. The Morgan fingerprint density at radius 3 is 2.73 bits per heavy atom. The fourth-order valence-electron chi connectivity index (χ4n) is 3.76. The molecule has 2 aliphatic heterocycles. The molecule has 9 heteroatoms. The van der Waals surface area contributed by atoms with E-state index < -0.39 is 10.0 Å². The molecule has 0 saturated carbocycles. The average molecular weight is 402 g/mol. The van der Waals surface area contributed by atoms with Crippen LogP contribution in [0.25, 0.3) is 0 Å². The van der Waals surface area contributed by atoms with Crippen LogP contribution in [0.2, 0.25) is 0 Å². The second-order valence-corrected chi connectivity index (χ2v) is 9.81. The molecule has 1 unspecified atom stereocenters. The van der Waals surface area contributed by atoms with E-state index in [0.29, 0.717) is 30.6 Å². The van der Waals surface area contributed by atoms with Gasteiger partial charge >= 0.3 is 0 Å². The van der Waals surface area contributed by atoms with Gasteiger partial charge in [0.05, 0.1) is 11.1 Å². The van der Waals surface area contributed by atoms with Gasteiger partial charge in [0.25, 0.3) is 5.91 Å². The molecule has 1 N–H and O–H groups in total. The maximum absolute atomic E-state index is 12.1. The highest BCUT2D eigenvalue weighted by atomic mass is 32.2. The summed E-state index contributed by atoms with van der Waals surface area (Å²) in [5.74, 6) is -0.0453. The van der Waals surface area contributed by atoms with Crippen molar-refractivity contribution in [3.63, 3.8) is 0 Å². The molecule has 1 aromatic heterocycles. The van der Waals surface area contributed by atoms with Gasteiger partial charge in [0.15, 0.2) is 0 Å². The SMILES string of the molecule is CS(=O)(=O)N1CCC(N(CCNC(=O)c2cccs2)C2CCOCC2)C1. The lowest BCUT2D eigenvalue weighted by atomic mass is 10.0. The predicted octanol–water partition coefficient (Wildman–Crippen LogP) is 0.993. The number of sulfonamides is 1. The van der Waals surface area contributed by atoms with Crippen LogP contribution in [0.15, 0.2) is 17.5 Å². The molecule has 2 saturated heterocycles. The fourth-order valence-corrected chi connectivity index (χ4v) is 5.28. The monoisotopic (exact) mass is 401 g/mol. The molecule has 0 bridgehead atoms. The largest absolute Gasteiger partial charge is 0.381 e. The van der Waals surface area contributed by atoms with E-state index in [2.05, 4.69) is 10.2 Å². The zero-order valence-corrected chi connectivity index (χ0v) is 16.7. The highest BCUT2D eigenvalue weighted by Gasteiger charge is 2.35. The van der Waals surface area contributed by atoms with Crippen molar-refractivity contribution in [2.45, 2.75) is 31.3 Å². The van der Waals surface area contributed by atoms with Crippen LogP contribution in [0.3, 0.4) is 0 Å². The van der Waals surface area contributed by atoms with E-state index in [4.69, 9.17) is 4.74 Å². The standard InChI is InChI=1S/C17H27N3O4S2/c1-26(22,23)19-8-4-15(13-19)20(14-5-10-24-11-6-14)9-7-18-17(21)16-3-2-12-25-16/h2-3,12,14-15H,4-11,13H2,1H3,(H,18,21). The van der Waals surface area contributed by atoms with E-state index in [0.717, 1.165) is 39.0 Å². The van der Waals surface area contributed by atoms with Crippen molar-refractivity contribution in [1.82, 2.24) is 14.5 Å². The van der Waals surface area contributed by atoms with Crippen molar-refractivity contribution in [1.29, 1.82) is 0 Å². The third kappa shape index (κ3) is 5.04. The van der Waals surface area contributed by atoms with Crippen molar-refractivity contribution in [3.05, 3.63) is 22.4 Å². The van der Waals surface area contributed by atoms with Crippen molar-refractivity contribution in [2.24, 2.45) is 0 Å². The highest BCUT2D eigenvalue weighted by Crippen LogP contribution is 2.24. The Morgan fingerprint density at radius 2 is 2.12 bits per heavy atom. The summed E-state index contributed by atoms with van der Waals surface area (Å²) in [5.41, 5.74) is 0. The summed E-state index contributed by atoms with van der Waals surface area (Å²) in [7, 11) is -3.15. The quantitative estimate of drug-likeness (QED) is 0.737. The molecule has 2 aliphatic rings.